The van der Waals surface area contributed by atoms with Crippen molar-refractivity contribution < 1.29 is 14.4 Å². The fourth-order valence-corrected chi connectivity index (χ4v) is 4.23. The molecule has 160 valence electrons. The van der Waals surface area contributed by atoms with Gasteiger partial charge in [-0.2, -0.15) is 0 Å². The van der Waals surface area contributed by atoms with E-state index in [-0.39, 0.29) is 23.7 Å². The molecular weight excluding hydrogens is 404 g/mol. The molecule has 7 nitrogen and oxygen atoms in total. The Morgan fingerprint density at radius 3 is 2.72 bits per heavy atom. The van der Waals surface area contributed by atoms with Crippen LogP contribution in [0.5, 0.6) is 0 Å². The van der Waals surface area contributed by atoms with Crippen LogP contribution in [0.1, 0.15) is 40.7 Å². The molecule has 0 saturated heterocycles. The van der Waals surface area contributed by atoms with Crippen molar-refractivity contribution in [1.29, 1.82) is 0 Å². The maximum absolute atomic E-state index is 12.5. The van der Waals surface area contributed by atoms with E-state index in [0.717, 1.165) is 29.5 Å². The van der Waals surface area contributed by atoms with E-state index in [2.05, 4.69) is 20.4 Å². The number of aryl methyl sites for hydroxylation is 1. The van der Waals surface area contributed by atoms with Crippen LogP contribution in [0, 0.1) is 12.8 Å². The van der Waals surface area contributed by atoms with Crippen LogP contribution in [-0.4, -0.2) is 33.5 Å². The number of carbonyl (C=O) groups excluding carboxylic acids is 2. The minimum atomic E-state index is -0.291. The van der Waals surface area contributed by atoms with Crippen molar-refractivity contribution in [3.8, 4) is 11.3 Å². The molecule has 3 aromatic rings. The average Bonchev–Trinajstić information content (AvgIpc) is 3.26. The van der Waals surface area contributed by atoms with Gasteiger partial charge in [-0.3, -0.25) is 14.6 Å². The van der Waals surface area contributed by atoms with Gasteiger partial charge in [0.2, 0.25) is 0 Å². The van der Waals surface area contributed by atoms with Crippen molar-refractivity contribution in [2.75, 3.05) is 5.32 Å². The summed E-state index contributed by atoms with van der Waals surface area (Å²) in [5.41, 5.74) is 4.70. The standard InChI is InChI=1S/C25H22N4O3/c1-15-10-11-17(24-23-20(30)8-5-9-21(23)32-29-24)12-18(15)19-13-27-22(14-26-19)28-25(31)16-6-3-2-4-7-16/h2-4,6-7,10-14,21,23H,5,8-9H2,1H3,(H,27,28,31). The molecule has 1 fully saturated rings. The fraction of sp³-hybridized carbons (Fsp3) is 0.240. The molecule has 32 heavy (non-hydrogen) atoms. The maximum atomic E-state index is 12.5. The summed E-state index contributed by atoms with van der Waals surface area (Å²) in [6.45, 7) is 1.99. The van der Waals surface area contributed by atoms with Crippen molar-refractivity contribution in [2.45, 2.75) is 32.3 Å². The number of Topliss-reactive ketones (excluding diaryl/α,β-unsaturated/α-hetero) is 1. The van der Waals surface area contributed by atoms with Crippen LogP contribution < -0.4 is 5.32 Å². The number of hydrogen-bond donors (Lipinski definition) is 1. The Bertz CT molecular complexity index is 1210. The first-order valence-corrected chi connectivity index (χ1v) is 10.7. The first kappa shape index (κ1) is 20.1. The second kappa shape index (κ2) is 8.34. The third kappa shape index (κ3) is 3.77. The lowest BCUT2D eigenvalue weighted by Crippen LogP contribution is -2.35. The van der Waals surface area contributed by atoms with Crippen LogP contribution in [-0.2, 0) is 9.63 Å². The largest absolute Gasteiger partial charge is 0.391 e. The lowest BCUT2D eigenvalue weighted by Gasteiger charge is -2.22. The van der Waals surface area contributed by atoms with E-state index in [4.69, 9.17) is 4.84 Å². The smallest absolute Gasteiger partial charge is 0.256 e. The molecule has 2 atom stereocenters. The Balaban J connectivity index is 1.38. The fourth-order valence-electron chi connectivity index (χ4n) is 4.23. The third-order valence-corrected chi connectivity index (χ3v) is 5.95. The Morgan fingerprint density at radius 1 is 1.09 bits per heavy atom. The molecule has 2 heterocycles. The number of anilines is 1. The van der Waals surface area contributed by atoms with Crippen LogP contribution in [0.25, 0.3) is 11.3 Å². The van der Waals surface area contributed by atoms with E-state index >= 15 is 0 Å². The molecule has 1 aliphatic carbocycles. The molecule has 0 bridgehead atoms. The molecule has 2 aromatic carbocycles. The SMILES string of the molecule is Cc1ccc(C2=NOC3CCCC(=O)C23)cc1-c1cnc(NC(=O)c2ccccc2)cn1. The number of benzene rings is 2. The molecule has 1 aromatic heterocycles. The predicted molar refractivity (Wildman–Crippen MR) is 120 cm³/mol. The van der Waals surface area contributed by atoms with Crippen LogP contribution >= 0.6 is 0 Å². The summed E-state index contributed by atoms with van der Waals surface area (Å²) in [5.74, 6) is 0.0382. The highest BCUT2D eigenvalue weighted by Gasteiger charge is 2.42. The number of aromatic nitrogens is 2. The quantitative estimate of drug-likeness (QED) is 0.676. The van der Waals surface area contributed by atoms with E-state index in [9.17, 15) is 9.59 Å². The van der Waals surface area contributed by atoms with Gasteiger partial charge in [0, 0.05) is 23.1 Å². The highest BCUT2D eigenvalue weighted by molar-refractivity contribution is 6.15. The molecular formula is C25H22N4O3. The number of nitrogens with one attached hydrogen (secondary N) is 1. The molecule has 1 aliphatic heterocycles. The summed E-state index contributed by atoms with van der Waals surface area (Å²) in [7, 11) is 0. The molecule has 0 spiro atoms. The van der Waals surface area contributed by atoms with Gasteiger partial charge in [-0.15, -0.1) is 0 Å². The zero-order chi connectivity index (χ0) is 22.1. The van der Waals surface area contributed by atoms with Crippen molar-refractivity contribution in [3.63, 3.8) is 0 Å². The number of amides is 1. The number of ketones is 1. The number of fused-ring (bicyclic) bond motifs is 1. The second-order valence-corrected chi connectivity index (χ2v) is 8.09. The number of rotatable bonds is 4. The van der Waals surface area contributed by atoms with Crippen molar-refractivity contribution >= 4 is 23.2 Å². The third-order valence-electron chi connectivity index (χ3n) is 5.95. The summed E-state index contributed by atoms with van der Waals surface area (Å²) >= 11 is 0. The van der Waals surface area contributed by atoms with E-state index in [0.29, 0.717) is 29.2 Å². The number of oxime groups is 1. The Hall–Kier alpha value is -3.87. The van der Waals surface area contributed by atoms with E-state index < -0.39 is 0 Å². The minimum absolute atomic E-state index is 0.150. The van der Waals surface area contributed by atoms with Crippen molar-refractivity contribution in [2.24, 2.45) is 11.1 Å². The predicted octanol–water partition coefficient (Wildman–Crippen LogP) is 4.18. The van der Waals surface area contributed by atoms with Gasteiger partial charge in [0.15, 0.2) is 5.82 Å². The van der Waals surface area contributed by atoms with Crippen LogP contribution in [0.15, 0.2) is 66.1 Å². The van der Waals surface area contributed by atoms with Gasteiger partial charge in [0.25, 0.3) is 5.91 Å². The van der Waals surface area contributed by atoms with E-state index in [1.165, 1.54) is 0 Å². The highest BCUT2D eigenvalue weighted by atomic mass is 16.6. The average molecular weight is 426 g/mol. The van der Waals surface area contributed by atoms with Gasteiger partial charge in [-0.1, -0.05) is 35.5 Å². The molecule has 5 rings (SSSR count). The van der Waals surface area contributed by atoms with Crippen molar-refractivity contribution in [3.05, 3.63) is 77.6 Å². The van der Waals surface area contributed by atoms with Gasteiger partial charge in [0.05, 0.1) is 18.1 Å². The zero-order valence-electron chi connectivity index (χ0n) is 17.6. The number of hydrogen-bond acceptors (Lipinski definition) is 6. The Kier molecular flexibility index (Phi) is 5.23. The van der Waals surface area contributed by atoms with Gasteiger partial charge in [0.1, 0.15) is 23.5 Å². The van der Waals surface area contributed by atoms with Gasteiger partial charge >= 0.3 is 0 Å². The zero-order valence-corrected chi connectivity index (χ0v) is 17.6. The van der Waals surface area contributed by atoms with Gasteiger partial charge in [-0.25, -0.2) is 4.98 Å². The molecule has 2 unspecified atom stereocenters. The lowest BCUT2D eigenvalue weighted by molar-refractivity contribution is -0.126. The molecule has 1 amide bonds. The van der Waals surface area contributed by atoms with Crippen LogP contribution in [0.4, 0.5) is 5.82 Å². The molecule has 7 heteroatoms. The maximum Gasteiger partial charge on any atom is 0.256 e. The summed E-state index contributed by atoms with van der Waals surface area (Å²) in [4.78, 5) is 39.2. The molecule has 1 saturated carbocycles. The first-order chi connectivity index (χ1) is 15.6. The first-order valence-electron chi connectivity index (χ1n) is 10.7. The Morgan fingerprint density at radius 2 is 1.94 bits per heavy atom. The summed E-state index contributed by atoms with van der Waals surface area (Å²) in [5, 5.41) is 7.01. The summed E-state index contributed by atoms with van der Waals surface area (Å²) < 4.78 is 0. The summed E-state index contributed by atoms with van der Waals surface area (Å²) in [6.07, 6.45) is 5.30. The van der Waals surface area contributed by atoms with E-state index in [1.807, 2.05) is 43.3 Å². The van der Waals surface area contributed by atoms with Gasteiger partial charge in [-0.05, 0) is 43.5 Å². The van der Waals surface area contributed by atoms with E-state index in [1.54, 1.807) is 24.5 Å². The lowest BCUT2D eigenvalue weighted by atomic mass is 9.80. The molecule has 2 aliphatic rings. The molecule has 1 N–H and O–H groups in total. The minimum Gasteiger partial charge on any atom is -0.391 e. The second-order valence-electron chi connectivity index (χ2n) is 8.09. The highest BCUT2D eigenvalue weighted by Crippen LogP contribution is 2.34. The van der Waals surface area contributed by atoms with Crippen molar-refractivity contribution in [1.82, 2.24) is 9.97 Å². The monoisotopic (exact) mass is 426 g/mol. The Labute approximate surface area is 185 Å². The van der Waals surface area contributed by atoms with Gasteiger partial charge < -0.3 is 10.2 Å². The number of nitrogens with zero attached hydrogens (tertiary/aromatic N) is 3. The normalized spacial score (nSPS) is 19.7. The molecule has 0 radical (unpaired) electrons. The topological polar surface area (TPSA) is 93.5 Å². The summed E-state index contributed by atoms with van der Waals surface area (Å²) in [6, 6.07) is 14.9. The number of carbonyl (C=O) groups is 2. The van der Waals surface area contributed by atoms with Crippen LogP contribution in [0.2, 0.25) is 0 Å². The van der Waals surface area contributed by atoms with Crippen LogP contribution in [0.3, 0.4) is 0 Å².